The molecule has 0 aliphatic carbocycles. The van der Waals surface area contributed by atoms with E-state index in [9.17, 15) is 0 Å². The standard InChI is InChI=1S/C8H13O.3C4H9.Sn/c1-2-3-4-5-6-8-7-9-8;3*1-3-4-2;/h2-3,8H,1,4-7H2;3*1,3-4H2,2H3;/b3-2+;;;;/t8-;;;;/m1..../s1. The molecule has 130 valence electrons. The fourth-order valence-corrected chi connectivity index (χ4v) is 18.7. The third kappa shape index (κ3) is 9.60. The van der Waals surface area contributed by atoms with Crippen molar-refractivity contribution in [1.29, 1.82) is 0 Å². The van der Waals surface area contributed by atoms with Crippen LogP contribution in [-0.2, 0) is 4.74 Å². The molecule has 1 heterocycles. The Morgan fingerprint density at radius 1 is 0.864 bits per heavy atom. The minimum atomic E-state index is -1.88. The molecule has 0 N–H and O–H groups in total. The molecule has 0 aromatic heterocycles. The first-order valence-electron chi connectivity index (χ1n) is 10.0. The van der Waals surface area contributed by atoms with Crippen molar-refractivity contribution in [1.82, 2.24) is 0 Å². The summed E-state index contributed by atoms with van der Waals surface area (Å²) in [7, 11) is 0. The van der Waals surface area contributed by atoms with Crippen molar-refractivity contribution < 1.29 is 4.74 Å². The second-order valence-electron chi connectivity index (χ2n) is 7.37. The molecule has 1 atom stereocenters. The first kappa shape index (κ1) is 20.5. The number of epoxide rings is 1. The molecule has 0 radical (unpaired) electrons. The monoisotopic (exact) mass is 416 g/mol. The van der Waals surface area contributed by atoms with Gasteiger partial charge in [-0.3, -0.25) is 0 Å². The molecule has 1 aliphatic heterocycles. The summed E-state index contributed by atoms with van der Waals surface area (Å²) in [6.45, 7) is 8.12. The Balaban J connectivity index is 2.41. The van der Waals surface area contributed by atoms with Crippen LogP contribution in [0.2, 0.25) is 17.7 Å². The van der Waals surface area contributed by atoms with E-state index in [-0.39, 0.29) is 0 Å². The van der Waals surface area contributed by atoms with Crippen molar-refractivity contribution in [3.8, 4) is 0 Å². The van der Waals surface area contributed by atoms with Crippen LogP contribution in [0, 0.1) is 0 Å². The van der Waals surface area contributed by atoms with E-state index in [0.29, 0.717) is 6.10 Å². The quantitative estimate of drug-likeness (QED) is 0.122. The topological polar surface area (TPSA) is 12.5 Å². The molecule has 0 aromatic rings. The van der Waals surface area contributed by atoms with Gasteiger partial charge in [0.05, 0.1) is 0 Å². The van der Waals surface area contributed by atoms with Crippen molar-refractivity contribution in [2.75, 3.05) is 6.61 Å². The summed E-state index contributed by atoms with van der Waals surface area (Å²) in [6.07, 6.45) is 18.3. The Kier molecular flexibility index (Phi) is 12.0. The molecule has 1 nitrogen and oxygen atoms in total. The van der Waals surface area contributed by atoms with Gasteiger partial charge in [-0.15, -0.1) is 0 Å². The molecule has 2 heteroatoms. The van der Waals surface area contributed by atoms with E-state index < -0.39 is 18.4 Å². The molecule has 0 bridgehead atoms. The summed E-state index contributed by atoms with van der Waals surface area (Å²) in [6, 6.07) is 0. The maximum atomic E-state index is 5.29. The Morgan fingerprint density at radius 3 is 1.86 bits per heavy atom. The van der Waals surface area contributed by atoms with Crippen LogP contribution in [0.5, 0.6) is 0 Å². The third-order valence-corrected chi connectivity index (χ3v) is 20.5. The van der Waals surface area contributed by atoms with Gasteiger partial charge in [0, 0.05) is 0 Å². The first-order valence-corrected chi connectivity index (χ1v) is 18.1. The molecule has 1 aliphatic rings. The second-order valence-corrected chi connectivity index (χ2v) is 21.4. The van der Waals surface area contributed by atoms with E-state index >= 15 is 0 Å². The van der Waals surface area contributed by atoms with E-state index in [0.717, 1.165) is 6.61 Å². The van der Waals surface area contributed by atoms with E-state index in [2.05, 4.69) is 32.9 Å². The fraction of sp³-hybridized carbons (Fsp3) is 0.900. The maximum absolute atomic E-state index is 5.29. The number of allylic oxidation sites excluding steroid dienone is 2. The van der Waals surface area contributed by atoms with Crippen LogP contribution in [-0.4, -0.2) is 31.1 Å². The van der Waals surface area contributed by atoms with Gasteiger partial charge < -0.3 is 0 Å². The normalized spacial score (nSPS) is 18.2. The third-order valence-electron chi connectivity index (χ3n) is 5.20. The van der Waals surface area contributed by atoms with E-state index in [1.165, 1.54) is 62.2 Å². The van der Waals surface area contributed by atoms with Gasteiger partial charge in [-0.25, -0.2) is 0 Å². The molecule has 0 aromatic carbocycles. The molecular formula is C20H40OSn. The van der Waals surface area contributed by atoms with Gasteiger partial charge in [0.15, 0.2) is 0 Å². The Morgan fingerprint density at radius 2 is 1.41 bits per heavy atom. The van der Waals surface area contributed by atoms with E-state index in [4.69, 9.17) is 4.74 Å². The fourth-order valence-electron chi connectivity index (χ4n) is 3.49. The van der Waals surface area contributed by atoms with Crippen LogP contribution in [0.25, 0.3) is 0 Å². The molecule has 1 fully saturated rings. The van der Waals surface area contributed by atoms with Crippen LogP contribution in [0.15, 0.2) is 12.2 Å². The number of rotatable bonds is 15. The van der Waals surface area contributed by atoms with Gasteiger partial charge in [-0.1, -0.05) is 0 Å². The van der Waals surface area contributed by atoms with Gasteiger partial charge in [-0.05, 0) is 0 Å². The van der Waals surface area contributed by atoms with E-state index in [1.54, 1.807) is 13.3 Å². The minimum absolute atomic E-state index is 0.616. The summed E-state index contributed by atoms with van der Waals surface area (Å²) >= 11 is -1.88. The zero-order valence-electron chi connectivity index (χ0n) is 15.5. The van der Waals surface area contributed by atoms with Crippen LogP contribution in [0.3, 0.4) is 0 Å². The van der Waals surface area contributed by atoms with Gasteiger partial charge in [0.1, 0.15) is 0 Å². The predicted molar refractivity (Wildman–Crippen MR) is 102 cm³/mol. The van der Waals surface area contributed by atoms with Crippen molar-refractivity contribution in [2.45, 2.75) is 102 Å². The molecule has 1 saturated heterocycles. The molecule has 0 amide bonds. The van der Waals surface area contributed by atoms with Crippen molar-refractivity contribution in [2.24, 2.45) is 0 Å². The number of hydrogen-bond donors (Lipinski definition) is 0. The molecule has 1 rings (SSSR count). The zero-order valence-corrected chi connectivity index (χ0v) is 18.4. The Bertz CT molecular complexity index is 262. The summed E-state index contributed by atoms with van der Waals surface area (Å²) in [4.78, 5) is 0. The molecule has 0 saturated carbocycles. The van der Waals surface area contributed by atoms with Gasteiger partial charge in [-0.2, -0.15) is 0 Å². The first-order chi connectivity index (χ1) is 10.8. The average molecular weight is 415 g/mol. The van der Waals surface area contributed by atoms with Crippen LogP contribution < -0.4 is 0 Å². The van der Waals surface area contributed by atoms with Crippen LogP contribution in [0.1, 0.15) is 78.6 Å². The second kappa shape index (κ2) is 12.9. The zero-order chi connectivity index (χ0) is 16.1. The van der Waals surface area contributed by atoms with Crippen LogP contribution in [0.4, 0.5) is 0 Å². The van der Waals surface area contributed by atoms with Crippen LogP contribution >= 0.6 is 0 Å². The summed E-state index contributed by atoms with van der Waals surface area (Å²) < 4.78 is 11.7. The summed E-state index contributed by atoms with van der Waals surface area (Å²) in [5.74, 6) is 0. The van der Waals surface area contributed by atoms with Crippen molar-refractivity contribution in [3.05, 3.63) is 12.2 Å². The summed E-state index contributed by atoms with van der Waals surface area (Å²) in [5, 5.41) is 0. The predicted octanol–water partition coefficient (Wildman–Crippen LogP) is 6.96. The molecule has 0 unspecified atom stereocenters. The Labute approximate surface area is 144 Å². The Hall–Kier alpha value is 0.499. The van der Waals surface area contributed by atoms with Crippen molar-refractivity contribution in [3.63, 3.8) is 0 Å². The number of hydrogen-bond acceptors (Lipinski definition) is 1. The summed E-state index contributed by atoms with van der Waals surface area (Å²) in [5.41, 5.74) is 0. The van der Waals surface area contributed by atoms with Gasteiger partial charge in [0.2, 0.25) is 0 Å². The van der Waals surface area contributed by atoms with Gasteiger partial charge >= 0.3 is 144 Å². The molecular weight excluding hydrogens is 375 g/mol. The average Bonchev–Trinajstić information content (AvgIpc) is 3.36. The number of unbranched alkanes of at least 4 members (excludes halogenated alkanes) is 4. The molecule has 0 spiro atoms. The number of ether oxygens (including phenoxy) is 1. The van der Waals surface area contributed by atoms with Crippen molar-refractivity contribution >= 4 is 18.4 Å². The van der Waals surface area contributed by atoms with E-state index in [1.807, 2.05) is 0 Å². The van der Waals surface area contributed by atoms with Gasteiger partial charge in [0.25, 0.3) is 0 Å². The molecule has 22 heavy (non-hydrogen) atoms. The SMILES string of the molecule is CCC[CH2][Sn]([CH2]/C=C/CCC[C@@H]1CO1)([CH2]CCC)[CH2]CCC.